The van der Waals surface area contributed by atoms with Gasteiger partial charge in [0.1, 0.15) is 0 Å². The zero-order valence-electron chi connectivity index (χ0n) is 11.0. The first-order valence-corrected chi connectivity index (χ1v) is 7.05. The maximum Gasteiger partial charge on any atom is 0.252 e. The summed E-state index contributed by atoms with van der Waals surface area (Å²) in [5.74, 6) is -0.207. The summed E-state index contributed by atoms with van der Waals surface area (Å²) in [6.45, 7) is 2.55. The second-order valence-corrected chi connectivity index (χ2v) is 5.35. The summed E-state index contributed by atoms with van der Waals surface area (Å²) in [6, 6.07) is 4.84. The SMILES string of the molecule is Cc1[nH]ncc1CCCNC(=O)c1cc(Cl)ccc1Cl. The molecular formula is C14H15Cl2N3O. The molecule has 6 heteroatoms. The van der Waals surface area contributed by atoms with Crippen LogP contribution in [0.5, 0.6) is 0 Å². The Morgan fingerprint density at radius 3 is 2.90 bits per heavy atom. The van der Waals surface area contributed by atoms with E-state index in [1.54, 1.807) is 18.2 Å². The van der Waals surface area contributed by atoms with E-state index in [4.69, 9.17) is 23.2 Å². The number of rotatable bonds is 5. The van der Waals surface area contributed by atoms with Gasteiger partial charge in [-0.1, -0.05) is 23.2 Å². The molecule has 0 atom stereocenters. The molecule has 0 spiro atoms. The van der Waals surface area contributed by atoms with Crippen molar-refractivity contribution in [3.8, 4) is 0 Å². The number of benzene rings is 1. The van der Waals surface area contributed by atoms with Gasteiger partial charge in [0.25, 0.3) is 5.91 Å². The van der Waals surface area contributed by atoms with Gasteiger partial charge in [-0.2, -0.15) is 5.10 Å². The first-order chi connectivity index (χ1) is 9.58. The van der Waals surface area contributed by atoms with Gasteiger partial charge in [0.2, 0.25) is 0 Å². The van der Waals surface area contributed by atoms with Gasteiger partial charge in [-0.05, 0) is 43.5 Å². The van der Waals surface area contributed by atoms with Gasteiger partial charge in [0.15, 0.2) is 0 Å². The maximum absolute atomic E-state index is 12.0. The molecule has 1 aromatic carbocycles. The van der Waals surface area contributed by atoms with Gasteiger partial charge < -0.3 is 5.32 Å². The Morgan fingerprint density at radius 2 is 2.20 bits per heavy atom. The third-order valence-electron chi connectivity index (χ3n) is 3.02. The van der Waals surface area contributed by atoms with E-state index in [0.29, 0.717) is 22.2 Å². The Bertz CT molecular complexity index is 610. The van der Waals surface area contributed by atoms with Crippen molar-refractivity contribution < 1.29 is 4.79 Å². The van der Waals surface area contributed by atoms with Crippen LogP contribution in [0.4, 0.5) is 0 Å². The van der Waals surface area contributed by atoms with Gasteiger partial charge in [-0.3, -0.25) is 9.89 Å². The third-order valence-corrected chi connectivity index (χ3v) is 3.58. The molecule has 2 rings (SSSR count). The molecular weight excluding hydrogens is 297 g/mol. The van der Waals surface area contributed by atoms with Gasteiger partial charge in [-0.15, -0.1) is 0 Å². The molecule has 0 aliphatic carbocycles. The fourth-order valence-electron chi connectivity index (χ4n) is 1.88. The number of nitrogens with one attached hydrogen (secondary N) is 2. The number of aromatic amines is 1. The van der Waals surface area contributed by atoms with Crippen molar-refractivity contribution >= 4 is 29.1 Å². The van der Waals surface area contributed by atoms with Crippen LogP contribution in [0.2, 0.25) is 10.0 Å². The van der Waals surface area contributed by atoms with E-state index in [1.165, 1.54) is 5.56 Å². The van der Waals surface area contributed by atoms with Crippen molar-refractivity contribution in [2.75, 3.05) is 6.54 Å². The van der Waals surface area contributed by atoms with E-state index in [-0.39, 0.29) is 5.91 Å². The number of nitrogens with zero attached hydrogens (tertiary/aromatic N) is 1. The quantitative estimate of drug-likeness (QED) is 0.832. The Balaban J connectivity index is 1.83. The number of carbonyl (C=O) groups excluding carboxylic acids is 1. The number of hydrogen-bond donors (Lipinski definition) is 2. The fraction of sp³-hybridized carbons (Fsp3) is 0.286. The molecule has 4 nitrogen and oxygen atoms in total. The Labute approximate surface area is 127 Å². The second kappa shape index (κ2) is 6.77. The lowest BCUT2D eigenvalue weighted by Gasteiger charge is -2.07. The monoisotopic (exact) mass is 311 g/mol. The van der Waals surface area contributed by atoms with Crippen molar-refractivity contribution in [2.24, 2.45) is 0 Å². The number of hydrogen-bond acceptors (Lipinski definition) is 2. The highest BCUT2D eigenvalue weighted by molar-refractivity contribution is 6.35. The highest BCUT2D eigenvalue weighted by atomic mass is 35.5. The molecule has 0 unspecified atom stereocenters. The average Bonchev–Trinajstić information content (AvgIpc) is 2.83. The van der Waals surface area contributed by atoms with E-state index in [2.05, 4.69) is 15.5 Å². The molecule has 1 heterocycles. The minimum Gasteiger partial charge on any atom is -0.352 e. The first-order valence-electron chi connectivity index (χ1n) is 6.30. The molecule has 20 heavy (non-hydrogen) atoms. The lowest BCUT2D eigenvalue weighted by Crippen LogP contribution is -2.25. The van der Waals surface area contributed by atoms with Crippen molar-refractivity contribution in [3.63, 3.8) is 0 Å². The van der Waals surface area contributed by atoms with Crippen molar-refractivity contribution in [3.05, 3.63) is 51.3 Å². The number of aryl methyl sites for hydroxylation is 2. The molecule has 2 aromatic rings. The van der Waals surface area contributed by atoms with Crippen LogP contribution in [-0.4, -0.2) is 22.6 Å². The van der Waals surface area contributed by atoms with Crippen LogP contribution in [0.1, 0.15) is 28.0 Å². The van der Waals surface area contributed by atoms with Gasteiger partial charge in [0.05, 0.1) is 16.8 Å². The Morgan fingerprint density at radius 1 is 1.40 bits per heavy atom. The molecule has 0 radical (unpaired) electrons. The molecule has 106 valence electrons. The highest BCUT2D eigenvalue weighted by Crippen LogP contribution is 2.20. The largest absolute Gasteiger partial charge is 0.352 e. The summed E-state index contributed by atoms with van der Waals surface area (Å²) in [5, 5.41) is 10.6. The van der Waals surface area contributed by atoms with Gasteiger partial charge >= 0.3 is 0 Å². The van der Waals surface area contributed by atoms with E-state index in [0.717, 1.165) is 18.5 Å². The van der Waals surface area contributed by atoms with Crippen molar-refractivity contribution in [1.82, 2.24) is 15.5 Å². The molecule has 0 aliphatic rings. The lowest BCUT2D eigenvalue weighted by molar-refractivity contribution is 0.0953. The number of H-pyrrole nitrogens is 1. The van der Waals surface area contributed by atoms with Crippen LogP contribution in [0, 0.1) is 6.92 Å². The second-order valence-electron chi connectivity index (χ2n) is 4.50. The van der Waals surface area contributed by atoms with Crippen LogP contribution in [0.3, 0.4) is 0 Å². The van der Waals surface area contributed by atoms with Crippen molar-refractivity contribution in [1.29, 1.82) is 0 Å². The smallest absolute Gasteiger partial charge is 0.252 e. The summed E-state index contributed by atoms with van der Waals surface area (Å²) in [6.07, 6.45) is 3.52. The molecule has 1 amide bonds. The third kappa shape index (κ3) is 3.74. The standard InChI is InChI=1S/C14H15Cl2N3O/c1-9-10(8-18-19-9)3-2-6-17-14(20)12-7-11(15)4-5-13(12)16/h4-5,7-8H,2-3,6H2,1H3,(H,17,20)(H,18,19). The topological polar surface area (TPSA) is 57.8 Å². The average molecular weight is 312 g/mol. The Hall–Kier alpha value is -1.52. The zero-order chi connectivity index (χ0) is 14.5. The summed E-state index contributed by atoms with van der Waals surface area (Å²) in [5.41, 5.74) is 2.63. The highest BCUT2D eigenvalue weighted by Gasteiger charge is 2.10. The fourth-order valence-corrected chi connectivity index (χ4v) is 2.25. The summed E-state index contributed by atoms with van der Waals surface area (Å²) in [7, 11) is 0. The van der Waals surface area contributed by atoms with Crippen LogP contribution in [0.25, 0.3) is 0 Å². The van der Waals surface area contributed by atoms with E-state index >= 15 is 0 Å². The lowest BCUT2D eigenvalue weighted by atomic mass is 10.1. The van der Waals surface area contributed by atoms with Gasteiger partial charge in [0, 0.05) is 17.3 Å². The summed E-state index contributed by atoms with van der Waals surface area (Å²) in [4.78, 5) is 12.0. The van der Waals surface area contributed by atoms with E-state index < -0.39 is 0 Å². The maximum atomic E-state index is 12.0. The van der Waals surface area contributed by atoms with Crippen molar-refractivity contribution in [2.45, 2.75) is 19.8 Å². The zero-order valence-corrected chi connectivity index (χ0v) is 12.6. The van der Waals surface area contributed by atoms with Crippen LogP contribution < -0.4 is 5.32 Å². The number of aromatic nitrogens is 2. The van der Waals surface area contributed by atoms with E-state index in [1.807, 2.05) is 13.1 Å². The molecule has 0 bridgehead atoms. The summed E-state index contributed by atoms with van der Waals surface area (Å²) < 4.78 is 0. The molecule has 2 N–H and O–H groups in total. The van der Waals surface area contributed by atoms with Gasteiger partial charge in [-0.25, -0.2) is 0 Å². The minimum atomic E-state index is -0.207. The normalized spacial score (nSPS) is 10.6. The predicted molar refractivity (Wildman–Crippen MR) is 80.4 cm³/mol. The number of carbonyl (C=O) groups is 1. The summed E-state index contributed by atoms with van der Waals surface area (Å²) >= 11 is 11.8. The first kappa shape index (κ1) is 14.9. The molecule has 0 fully saturated rings. The van der Waals surface area contributed by atoms with Crippen LogP contribution in [0.15, 0.2) is 24.4 Å². The Kier molecular flexibility index (Phi) is 5.04. The molecule has 0 aliphatic heterocycles. The van der Waals surface area contributed by atoms with E-state index in [9.17, 15) is 4.79 Å². The predicted octanol–water partition coefficient (Wildman–Crippen LogP) is 3.39. The van der Waals surface area contributed by atoms with Crippen LogP contribution >= 0.6 is 23.2 Å². The number of halogens is 2. The molecule has 0 saturated heterocycles. The molecule has 0 saturated carbocycles. The molecule has 1 aromatic heterocycles. The number of amides is 1. The minimum absolute atomic E-state index is 0.207. The van der Waals surface area contributed by atoms with Crippen LogP contribution in [-0.2, 0) is 6.42 Å².